The Balaban J connectivity index is 2.94. The quantitative estimate of drug-likeness (QED) is 0.636. The summed E-state index contributed by atoms with van der Waals surface area (Å²) >= 11 is 2.51. The fourth-order valence-electron chi connectivity index (χ4n) is 1.76. The third-order valence-electron chi connectivity index (χ3n) is 3.31. The van der Waals surface area contributed by atoms with E-state index in [-0.39, 0.29) is 21.1 Å². The molecule has 4 heteroatoms. The van der Waals surface area contributed by atoms with Crippen molar-refractivity contribution in [3.8, 4) is 0 Å². The molecule has 0 bridgehead atoms. The Bertz CT molecular complexity index is 488. The van der Waals surface area contributed by atoms with Gasteiger partial charge in [0.05, 0.1) is 0 Å². The monoisotopic (exact) mass is 340 g/mol. The average molecular weight is 341 g/mol. The molecule has 0 N–H and O–H groups in total. The third kappa shape index (κ3) is 6.33. The number of carbonyl (C=O) groups excluding carboxylic acids is 2. The molecule has 0 aliphatic heterocycles. The molecule has 0 fully saturated rings. The lowest BCUT2D eigenvalue weighted by atomic mass is 9.99. The molecule has 0 saturated carbocycles. The van der Waals surface area contributed by atoms with E-state index in [1.165, 1.54) is 35.5 Å². The molecule has 0 unspecified atom stereocenters. The predicted molar refractivity (Wildman–Crippen MR) is 98.7 cm³/mol. The van der Waals surface area contributed by atoms with Gasteiger partial charge in [0.15, 0.2) is 10.2 Å². The van der Waals surface area contributed by atoms with Gasteiger partial charge in [-0.3, -0.25) is 9.59 Å². The lowest BCUT2D eigenvalue weighted by molar-refractivity contribution is -0.118. The van der Waals surface area contributed by atoms with Gasteiger partial charge >= 0.3 is 0 Å². The van der Waals surface area contributed by atoms with E-state index >= 15 is 0 Å². The first-order chi connectivity index (χ1) is 10.0. The third-order valence-corrected chi connectivity index (χ3v) is 6.03. The van der Waals surface area contributed by atoms with Crippen LogP contribution in [0.5, 0.6) is 0 Å². The standard InChI is InChI=1S/C18H28O2S2/c1-17(2,3)15(19)21-12-14(13-10-8-7-9-11-13)22-16(20)18(4,5)6/h10,12H,7-9,11H2,1-6H3/b14-12-. The van der Waals surface area contributed by atoms with Crippen LogP contribution in [0.25, 0.3) is 0 Å². The molecule has 2 nitrogen and oxygen atoms in total. The highest BCUT2D eigenvalue weighted by Crippen LogP contribution is 2.38. The maximum absolute atomic E-state index is 12.4. The van der Waals surface area contributed by atoms with Gasteiger partial charge in [-0.15, -0.1) is 0 Å². The van der Waals surface area contributed by atoms with Crippen LogP contribution in [0, 0.1) is 10.8 Å². The van der Waals surface area contributed by atoms with Crippen molar-refractivity contribution in [3.05, 3.63) is 22.0 Å². The molecule has 0 atom stereocenters. The van der Waals surface area contributed by atoms with E-state index in [0.29, 0.717) is 0 Å². The van der Waals surface area contributed by atoms with E-state index in [1.807, 2.05) is 47.0 Å². The molecule has 0 aromatic rings. The molecule has 1 rings (SSSR count). The molecule has 0 saturated heterocycles. The number of hydrogen-bond acceptors (Lipinski definition) is 4. The van der Waals surface area contributed by atoms with E-state index in [9.17, 15) is 9.59 Å². The van der Waals surface area contributed by atoms with Crippen molar-refractivity contribution in [2.75, 3.05) is 0 Å². The number of thioether (sulfide) groups is 2. The first-order valence-corrected chi connectivity index (χ1v) is 9.54. The Morgan fingerprint density at radius 2 is 1.59 bits per heavy atom. The summed E-state index contributed by atoms with van der Waals surface area (Å²) in [5.41, 5.74) is 0.479. The molecule has 1 aliphatic rings. The second-order valence-electron chi connectivity index (χ2n) is 7.75. The Morgan fingerprint density at radius 1 is 1.00 bits per heavy atom. The topological polar surface area (TPSA) is 34.1 Å². The van der Waals surface area contributed by atoms with Crippen molar-refractivity contribution < 1.29 is 9.59 Å². The molecule has 1 aliphatic carbocycles. The zero-order chi connectivity index (χ0) is 17.0. The van der Waals surface area contributed by atoms with Crippen LogP contribution in [0.15, 0.2) is 22.0 Å². The Morgan fingerprint density at radius 3 is 2.05 bits per heavy atom. The van der Waals surface area contributed by atoms with Crippen LogP contribution in [-0.2, 0) is 9.59 Å². The first kappa shape index (κ1) is 19.6. The number of carbonyl (C=O) groups is 2. The maximum Gasteiger partial charge on any atom is 0.199 e. The van der Waals surface area contributed by atoms with E-state index in [4.69, 9.17) is 0 Å². The van der Waals surface area contributed by atoms with Gasteiger partial charge in [-0.1, -0.05) is 71.1 Å². The lowest BCUT2D eigenvalue weighted by Gasteiger charge is -2.20. The molecule has 0 aromatic carbocycles. The van der Waals surface area contributed by atoms with E-state index in [2.05, 4.69) is 6.08 Å². The van der Waals surface area contributed by atoms with Gasteiger partial charge < -0.3 is 0 Å². The highest BCUT2D eigenvalue weighted by atomic mass is 32.2. The first-order valence-electron chi connectivity index (χ1n) is 7.85. The van der Waals surface area contributed by atoms with Crippen molar-refractivity contribution in [3.63, 3.8) is 0 Å². The summed E-state index contributed by atoms with van der Waals surface area (Å²) in [6, 6.07) is 0. The second-order valence-corrected chi connectivity index (χ2v) is 9.61. The minimum atomic E-state index is -0.377. The molecule has 0 aromatic heterocycles. The van der Waals surface area contributed by atoms with Crippen molar-refractivity contribution in [1.82, 2.24) is 0 Å². The molecule has 0 radical (unpaired) electrons. The van der Waals surface area contributed by atoms with Crippen LogP contribution in [-0.4, -0.2) is 10.2 Å². The summed E-state index contributed by atoms with van der Waals surface area (Å²) in [6.07, 6.45) is 6.66. The van der Waals surface area contributed by atoms with Crippen LogP contribution < -0.4 is 0 Å². The van der Waals surface area contributed by atoms with Crippen molar-refractivity contribution in [2.24, 2.45) is 10.8 Å². The molecule has 124 valence electrons. The van der Waals surface area contributed by atoms with Crippen LogP contribution in [0.2, 0.25) is 0 Å². The fourth-order valence-corrected chi connectivity index (χ4v) is 3.64. The molecular formula is C18H28O2S2. The number of rotatable bonds is 3. The van der Waals surface area contributed by atoms with Gasteiger partial charge in [0.25, 0.3) is 0 Å². The molecule has 0 amide bonds. The van der Waals surface area contributed by atoms with E-state index in [0.717, 1.165) is 24.2 Å². The summed E-state index contributed by atoms with van der Waals surface area (Å²) in [4.78, 5) is 25.5. The maximum atomic E-state index is 12.4. The number of hydrogen-bond donors (Lipinski definition) is 0. The minimum absolute atomic E-state index is 0.130. The lowest BCUT2D eigenvalue weighted by Crippen LogP contribution is -2.17. The van der Waals surface area contributed by atoms with E-state index in [1.54, 1.807) is 0 Å². The molecule has 0 spiro atoms. The van der Waals surface area contributed by atoms with Gasteiger partial charge in [-0.05, 0) is 36.7 Å². The smallest absolute Gasteiger partial charge is 0.199 e. The zero-order valence-corrected chi connectivity index (χ0v) is 16.2. The van der Waals surface area contributed by atoms with E-state index < -0.39 is 0 Å². The highest BCUT2D eigenvalue weighted by molar-refractivity contribution is 8.19. The van der Waals surface area contributed by atoms with Crippen LogP contribution in [0.3, 0.4) is 0 Å². The minimum Gasteiger partial charge on any atom is -0.286 e. The van der Waals surface area contributed by atoms with Gasteiger partial charge in [-0.25, -0.2) is 0 Å². The van der Waals surface area contributed by atoms with Crippen molar-refractivity contribution in [1.29, 1.82) is 0 Å². The average Bonchev–Trinajstić information content (AvgIpc) is 2.41. The summed E-state index contributed by atoms with van der Waals surface area (Å²) < 4.78 is 0. The summed E-state index contributed by atoms with van der Waals surface area (Å²) in [7, 11) is 0. The van der Waals surface area contributed by atoms with Crippen LogP contribution in [0.1, 0.15) is 67.2 Å². The molecular weight excluding hydrogens is 312 g/mol. The van der Waals surface area contributed by atoms with Crippen LogP contribution in [0.4, 0.5) is 0 Å². The fraction of sp³-hybridized carbons (Fsp3) is 0.667. The second kappa shape index (κ2) is 7.87. The summed E-state index contributed by atoms with van der Waals surface area (Å²) in [6.45, 7) is 11.6. The predicted octanol–water partition coefficient (Wildman–Crippen LogP) is 5.94. The van der Waals surface area contributed by atoms with Crippen molar-refractivity contribution in [2.45, 2.75) is 67.2 Å². The molecule has 22 heavy (non-hydrogen) atoms. The Hall–Kier alpha value is -0.480. The Labute approximate surface area is 143 Å². The van der Waals surface area contributed by atoms with Crippen molar-refractivity contribution >= 4 is 33.8 Å². The van der Waals surface area contributed by atoms with Gasteiger partial charge in [0, 0.05) is 15.7 Å². The number of allylic oxidation sites excluding steroid dienone is 2. The Kier molecular flexibility index (Phi) is 7.00. The van der Waals surface area contributed by atoms with Gasteiger partial charge in [-0.2, -0.15) is 0 Å². The molecule has 0 heterocycles. The van der Waals surface area contributed by atoms with Gasteiger partial charge in [0.2, 0.25) is 0 Å². The normalized spacial score (nSPS) is 17.2. The van der Waals surface area contributed by atoms with Crippen LogP contribution >= 0.6 is 23.5 Å². The SMILES string of the molecule is CC(C)(C)C(=O)S/C=C(\SC(=O)C(C)(C)C)C1=CCCCC1. The van der Waals surface area contributed by atoms with Gasteiger partial charge in [0.1, 0.15) is 0 Å². The zero-order valence-electron chi connectivity index (χ0n) is 14.6. The highest BCUT2D eigenvalue weighted by Gasteiger charge is 2.26. The summed E-state index contributed by atoms with van der Waals surface area (Å²) in [5.74, 6) is 0. The largest absolute Gasteiger partial charge is 0.286 e. The summed E-state index contributed by atoms with van der Waals surface area (Å²) in [5, 5.41) is 2.17.